The van der Waals surface area contributed by atoms with Gasteiger partial charge in [0.25, 0.3) is 17.4 Å². The van der Waals surface area contributed by atoms with Crippen LogP contribution in [0.2, 0.25) is 5.02 Å². The number of aromatic hydroxyl groups is 1. The molecule has 1 aromatic heterocycles. The zero-order valence-corrected chi connectivity index (χ0v) is 25.3. The average Bonchev–Trinajstić information content (AvgIpc) is 3.63. The predicted molar refractivity (Wildman–Crippen MR) is 158 cm³/mol. The van der Waals surface area contributed by atoms with Crippen molar-refractivity contribution in [2.75, 3.05) is 19.6 Å². The standard InChI is InChI=1S/C31H37ClFN5O6/c1-16(44-30(43)23(35)4-2-3-10-34)14-37-28(41)25-19-8-11-36(15-17-5-6-22(33)21(32)12-17)27(40)24(19)26(39)29(42)38(25)31(37)9-7-18-13-20(18)31/h5-6,12,16,18,20,23,39H,2-4,7-11,13-15,34-35H2,1H3/t16-,18-,20+,23-,31+/m0/s1. The number of unbranched alkanes of at least 4 members (excludes halogenated alkanes) is 1. The first-order valence-corrected chi connectivity index (χ1v) is 15.6. The molecule has 236 valence electrons. The molecule has 0 unspecified atom stereocenters. The van der Waals surface area contributed by atoms with Gasteiger partial charge < -0.3 is 31.1 Å². The number of fused-ring (bicyclic) bond motifs is 6. The third kappa shape index (κ3) is 4.87. The van der Waals surface area contributed by atoms with E-state index < -0.39 is 52.7 Å². The molecule has 44 heavy (non-hydrogen) atoms. The first-order chi connectivity index (χ1) is 21.0. The molecule has 6 rings (SSSR count). The van der Waals surface area contributed by atoms with E-state index >= 15 is 0 Å². The molecule has 4 aliphatic rings. The van der Waals surface area contributed by atoms with Crippen molar-refractivity contribution in [2.45, 2.75) is 76.2 Å². The van der Waals surface area contributed by atoms with E-state index in [1.54, 1.807) is 11.8 Å². The Labute approximate surface area is 258 Å². The van der Waals surface area contributed by atoms with Gasteiger partial charge in [-0.1, -0.05) is 24.1 Å². The fraction of sp³-hybridized carbons (Fsp3) is 0.548. The molecule has 5 atom stereocenters. The van der Waals surface area contributed by atoms with E-state index in [-0.39, 0.29) is 48.3 Å². The third-order valence-electron chi connectivity index (χ3n) is 9.67. The van der Waals surface area contributed by atoms with Crippen molar-refractivity contribution in [3.05, 3.63) is 61.8 Å². The number of ether oxygens (including phenoxy) is 1. The minimum Gasteiger partial charge on any atom is -0.502 e. The maximum Gasteiger partial charge on any atom is 0.323 e. The molecule has 2 saturated carbocycles. The van der Waals surface area contributed by atoms with Crippen molar-refractivity contribution in [1.82, 2.24) is 14.4 Å². The van der Waals surface area contributed by atoms with Crippen LogP contribution in [0, 0.1) is 17.7 Å². The Morgan fingerprint density at radius 3 is 2.68 bits per heavy atom. The summed E-state index contributed by atoms with van der Waals surface area (Å²) in [6.45, 7) is 2.53. The number of hydrogen-bond donors (Lipinski definition) is 3. The summed E-state index contributed by atoms with van der Waals surface area (Å²) in [5.41, 5.74) is 10.6. The van der Waals surface area contributed by atoms with Crippen molar-refractivity contribution in [1.29, 1.82) is 0 Å². The second-order valence-electron chi connectivity index (χ2n) is 12.5. The number of esters is 1. The molecular weight excluding hydrogens is 593 g/mol. The van der Waals surface area contributed by atoms with E-state index in [0.29, 0.717) is 42.9 Å². The molecule has 2 aromatic rings. The van der Waals surface area contributed by atoms with Crippen molar-refractivity contribution < 1.29 is 28.6 Å². The normalized spacial score (nSPS) is 24.8. The SMILES string of the molecule is C[C@@H](CN1C(=O)c2c3c(c(O)c(=O)n2[C@@]12CC[C@H]1C[C@H]12)C(=O)N(Cc1ccc(F)c(Cl)c1)CC3)OC(=O)[C@@H](N)CCCCN. The van der Waals surface area contributed by atoms with Crippen molar-refractivity contribution in [2.24, 2.45) is 23.3 Å². The maximum absolute atomic E-state index is 14.3. The molecule has 2 fully saturated rings. The summed E-state index contributed by atoms with van der Waals surface area (Å²) in [7, 11) is 0. The molecule has 0 saturated heterocycles. The molecule has 0 bridgehead atoms. The molecule has 2 aliphatic carbocycles. The molecule has 1 spiro atoms. The van der Waals surface area contributed by atoms with Crippen LogP contribution in [-0.4, -0.2) is 69.0 Å². The molecule has 2 amide bonds. The molecule has 3 heterocycles. The number of nitrogens with zero attached hydrogens (tertiary/aromatic N) is 3. The van der Waals surface area contributed by atoms with E-state index in [1.165, 1.54) is 27.7 Å². The summed E-state index contributed by atoms with van der Waals surface area (Å²) >= 11 is 5.93. The van der Waals surface area contributed by atoms with Crippen LogP contribution in [0.4, 0.5) is 4.39 Å². The Balaban J connectivity index is 1.31. The third-order valence-corrected chi connectivity index (χ3v) is 9.96. The first-order valence-electron chi connectivity index (χ1n) is 15.2. The Morgan fingerprint density at radius 2 is 2.02 bits per heavy atom. The van der Waals surface area contributed by atoms with Crippen molar-refractivity contribution >= 4 is 29.4 Å². The number of halogens is 2. The Hall–Kier alpha value is -3.48. The van der Waals surface area contributed by atoms with Gasteiger partial charge in [0.1, 0.15) is 29.3 Å². The lowest BCUT2D eigenvalue weighted by Crippen LogP contribution is -2.53. The summed E-state index contributed by atoms with van der Waals surface area (Å²) in [6, 6.07) is 3.34. The largest absolute Gasteiger partial charge is 0.502 e. The van der Waals surface area contributed by atoms with Crippen LogP contribution in [0.3, 0.4) is 0 Å². The number of benzene rings is 1. The number of nitrogens with two attached hydrogens (primary N) is 2. The number of rotatable bonds is 10. The number of pyridine rings is 1. The highest BCUT2D eigenvalue weighted by molar-refractivity contribution is 6.30. The Morgan fingerprint density at radius 1 is 1.25 bits per heavy atom. The fourth-order valence-corrected chi connectivity index (χ4v) is 7.70. The van der Waals surface area contributed by atoms with Gasteiger partial charge in [0.2, 0.25) is 0 Å². The molecule has 1 aromatic carbocycles. The first kappa shape index (κ1) is 30.5. The van der Waals surface area contributed by atoms with E-state index in [2.05, 4.69) is 0 Å². The highest BCUT2D eigenvalue weighted by Crippen LogP contribution is 2.64. The smallest absolute Gasteiger partial charge is 0.323 e. The Kier molecular flexibility index (Phi) is 7.96. The van der Waals surface area contributed by atoms with Gasteiger partial charge in [0.05, 0.1) is 17.1 Å². The summed E-state index contributed by atoms with van der Waals surface area (Å²) in [5, 5.41) is 11.2. The van der Waals surface area contributed by atoms with E-state index in [1.807, 2.05) is 0 Å². The average molecular weight is 630 g/mol. The molecule has 13 heteroatoms. The molecule has 0 radical (unpaired) electrons. The number of aromatic nitrogens is 1. The van der Waals surface area contributed by atoms with Gasteiger partial charge in [-0.2, -0.15) is 0 Å². The number of carbonyl (C=O) groups excluding carboxylic acids is 3. The van der Waals surface area contributed by atoms with E-state index in [4.69, 9.17) is 27.8 Å². The van der Waals surface area contributed by atoms with Gasteiger partial charge in [-0.15, -0.1) is 0 Å². The second-order valence-corrected chi connectivity index (χ2v) is 12.9. The van der Waals surface area contributed by atoms with Crippen LogP contribution in [0.15, 0.2) is 23.0 Å². The molecule has 5 N–H and O–H groups in total. The van der Waals surface area contributed by atoms with Gasteiger partial charge in [-0.05, 0) is 75.6 Å². The summed E-state index contributed by atoms with van der Waals surface area (Å²) in [5.74, 6) is -2.49. The molecule has 11 nitrogen and oxygen atoms in total. The second kappa shape index (κ2) is 11.5. The Bertz CT molecular complexity index is 1600. The van der Waals surface area contributed by atoms with Gasteiger partial charge in [-0.25, -0.2) is 4.39 Å². The predicted octanol–water partition coefficient (Wildman–Crippen LogP) is 2.47. The van der Waals surface area contributed by atoms with Crippen LogP contribution < -0.4 is 17.0 Å². The van der Waals surface area contributed by atoms with E-state index in [0.717, 1.165) is 19.3 Å². The summed E-state index contributed by atoms with van der Waals surface area (Å²) < 4.78 is 20.8. The van der Waals surface area contributed by atoms with Gasteiger partial charge in [0, 0.05) is 24.6 Å². The van der Waals surface area contributed by atoms with Crippen LogP contribution in [0.1, 0.15) is 77.4 Å². The summed E-state index contributed by atoms with van der Waals surface area (Å²) in [4.78, 5) is 57.6. The number of amides is 2. The number of carbonyl (C=O) groups is 3. The van der Waals surface area contributed by atoms with Gasteiger partial charge in [-0.3, -0.25) is 23.7 Å². The van der Waals surface area contributed by atoms with Gasteiger partial charge >= 0.3 is 5.97 Å². The van der Waals surface area contributed by atoms with Crippen LogP contribution in [-0.2, 0) is 28.2 Å². The van der Waals surface area contributed by atoms with E-state index in [9.17, 15) is 28.7 Å². The number of hydrogen-bond acceptors (Lipinski definition) is 8. The lowest BCUT2D eigenvalue weighted by atomic mass is 9.95. The van der Waals surface area contributed by atoms with Gasteiger partial charge in [0.15, 0.2) is 5.75 Å². The van der Waals surface area contributed by atoms with Crippen molar-refractivity contribution in [3.8, 4) is 5.75 Å². The zero-order chi connectivity index (χ0) is 31.5. The topological polar surface area (TPSA) is 161 Å². The van der Waals surface area contributed by atoms with Crippen LogP contribution in [0.5, 0.6) is 5.75 Å². The maximum atomic E-state index is 14.3. The molecular formula is C31H37ClFN5O6. The highest BCUT2D eigenvalue weighted by Gasteiger charge is 2.67. The van der Waals surface area contributed by atoms with Crippen molar-refractivity contribution in [3.63, 3.8) is 0 Å². The minimum atomic E-state index is -1.00. The monoisotopic (exact) mass is 629 g/mol. The molecule has 2 aliphatic heterocycles. The van der Waals surface area contributed by atoms with Crippen LogP contribution in [0.25, 0.3) is 0 Å². The fourth-order valence-electron chi connectivity index (χ4n) is 7.49. The lowest BCUT2D eigenvalue weighted by molar-refractivity contribution is -0.151. The zero-order valence-electron chi connectivity index (χ0n) is 24.6. The highest BCUT2D eigenvalue weighted by atomic mass is 35.5. The van der Waals surface area contributed by atoms with Crippen LogP contribution >= 0.6 is 11.6 Å². The quantitative estimate of drug-likeness (QED) is 0.267. The lowest BCUT2D eigenvalue weighted by Gasteiger charge is -2.39. The minimum absolute atomic E-state index is 0.0169. The summed E-state index contributed by atoms with van der Waals surface area (Å²) in [6.07, 6.45) is 3.55.